The maximum atomic E-state index is 14.1. The Bertz CT molecular complexity index is 1070. The number of carbonyl (C=O) groups is 1. The molecule has 0 radical (unpaired) electrons. The molecule has 2 amide bonds. The average Bonchev–Trinajstić information content (AvgIpc) is 2.81. The normalized spacial score (nSPS) is 22.5. The summed E-state index contributed by atoms with van der Waals surface area (Å²) in [6.07, 6.45) is 1.67. The second-order valence-electron chi connectivity index (χ2n) is 8.65. The van der Waals surface area contributed by atoms with Crippen LogP contribution < -0.4 is 5.32 Å². The average molecular weight is 470 g/mol. The molecule has 6 nitrogen and oxygen atoms in total. The van der Waals surface area contributed by atoms with Gasteiger partial charge in [-0.05, 0) is 49.2 Å². The molecule has 34 heavy (non-hydrogen) atoms. The van der Waals surface area contributed by atoms with E-state index < -0.39 is 17.7 Å². The summed E-state index contributed by atoms with van der Waals surface area (Å²) < 4.78 is 32.5. The van der Waals surface area contributed by atoms with Crippen LogP contribution in [0.25, 0.3) is 0 Å². The molecular formula is C26H29F2N3O3. The lowest BCUT2D eigenvalue weighted by Gasteiger charge is -2.57. The molecule has 2 aliphatic rings. The summed E-state index contributed by atoms with van der Waals surface area (Å²) in [7, 11) is 1.60. The first-order valence-corrected chi connectivity index (χ1v) is 11.5. The van der Waals surface area contributed by atoms with Crippen molar-refractivity contribution in [1.29, 1.82) is 0 Å². The summed E-state index contributed by atoms with van der Waals surface area (Å²) in [6, 6.07) is 10.5. The number of nitrogens with zero attached hydrogens (tertiary/aromatic N) is 2. The van der Waals surface area contributed by atoms with Gasteiger partial charge < -0.3 is 20.1 Å². The van der Waals surface area contributed by atoms with Crippen molar-refractivity contribution in [2.24, 2.45) is 0 Å². The topological polar surface area (TPSA) is 65.0 Å². The molecule has 3 atom stereocenters. The molecule has 0 spiro atoms. The fourth-order valence-corrected chi connectivity index (χ4v) is 4.91. The maximum Gasteiger partial charge on any atom is 0.321 e. The van der Waals surface area contributed by atoms with E-state index >= 15 is 0 Å². The molecule has 0 bridgehead atoms. The third-order valence-electron chi connectivity index (χ3n) is 6.57. The van der Waals surface area contributed by atoms with Gasteiger partial charge in [0.05, 0.1) is 12.3 Å². The Kier molecular flexibility index (Phi) is 7.78. The van der Waals surface area contributed by atoms with Crippen LogP contribution in [0.5, 0.6) is 0 Å². The number of aliphatic hydroxyl groups is 1. The summed E-state index contributed by atoms with van der Waals surface area (Å²) in [5, 5.41) is 12.6. The van der Waals surface area contributed by atoms with Crippen molar-refractivity contribution in [3.63, 3.8) is 0 Å². The molecule has 0 aromatic heterocycles. The smallest absolute Gasteiger partial charge is 0.321 e. The number of halogens is 2. The van der Waals surface area contributed by atoms with Gasteiger partial charge in [-0.25, -0.2) is 13.6 Å². The summed E-state index contributed by atoms with van der Waals surface area (Å²) in [5.74, 6) is 4.73. The number of hydrogen-bond donors (Lipinski definition) is 2. The summed E-state index contributed by atoms with van der Waals surface area (Å²) >= 11 is 0. The lowest BCUT2D eigenvalue weighted by Crippen LogP contribution is -2.68. The zero-order chi connectivity index (χ0) is 24.1. The molecule has 4 rings (SSSR count). The molecule has 2 N–H and O–H groups in total. The van der Waals surface area contributed by atoms with Gasteiger partial charge in [-0.2, -0.15) is 0 Å². The summed E-state index contributed by atoms with van der Waals surface area (Å²) in [4.78, 5) is 16.9. The van der Waals surface area contributed by atoms with Crippen LogP contribution in [0.15, 0.2) is 42.5 Å². The fourth-order valence-electron chi connectivity index (χ4n) is 4.91. The van der Waals surface area contributed by atoms with Gasteiger partial charge in [0.1, 0.15) is 18.2 Å². The molecule has 180 valence electrons. The standard InChI is InChI=1S/C26H29F2N3O3/c1-34-14-4-5-18-6-8-19(9-7-18)25-23-16-30(12-2-3-13-31(23)24(25)17-32)26(33)29-22-15-20(27)10-11-21(22)28/h6-11,15,23-25,32H,2-3,12-14,16-17H2,1H3,(H,29,33)/t23-,24+,25+/m1/s1. The molecule has 2 saturated heterocycles. The van der Waals surface area contributed by atoms with Gasteiger partial charge in [0, 0.05) is 49.8 Å². The van der Waals surface area contributed by atoms with Crippen LogP contribution in [-0.2, 0) is 4.74 Å². The van der Waals surface area contributed by atoms with Crippen molar-refractivity contribution in [2.75, 3.05) is 45.3 Å². The van der Waals surface area contributed by atoms with E-state index in [4.69, 9.17) is 4.74 Å². The van der Waals surface area contributed by atoms with Gasteiger partial charge in [-0.1, -0.05) is 24.0 Å². The number of methoxy groups -OCH3 is 1. The predicted octanol–water partition coefficient (Wildman–Crippen LogP) is 3.42. The lowest BCUT2D eigenvalue weighted by atomic mass is 9.74. The molecule has 0 aliphatic carbocycles. The SMILES string of the molecule is COCC#Cc1ccc([C@H]2[C@H]3CN(C(=O)Nc4cc(F)ccc4F)CCCCN3[C@H]2CO)cc1. The zero-order valence-electron chi connectivity index (χ0n) is 19.1. The highest BCUT2D eigenvalue weighted by atomic mass is 19.1. The summed E-state index contributed by atoms with van der Waals surface area (Å²) in [6.45, 7) is 2.20. The highest BCUT2D eigenvalue weighted by molar-refractivity contribution is 5.89. The number of anilines is 1. The third-order valence-corrected chi connectivity index (χ3v) is 6.57. The molecular weight excluding hydrogens is 440 g/mol. The number of hydrogen-bond acceptors (Lipinski definition) is 4. The number of urea groups is 1. The first kappa shape index (κ1) is 24.1. The predicted molar refractivity (Wildman–Crippen MR) is 125 cm³/mol. The van der Waals surface area contributed by atoms with Gasteiger partial charge in [-0.15, -0.1) is 0 Å². The van der Waals surface area contributed by atoms with Crippen LogP contribution in [0.2, 0.25) is 0 Å². The second-order valence-corrected chi connectivity index (χ2v) is 8.65. The first-order valence-electron chi connectivity index (χ1n) is 11.5. The molecule has 2 aromatic rings. The highest BCUT2D eigenvalue weighted by Crippen LogP contribution is 2.42. The Morgan fingerprint density at radius 2 is 1.94 bits per heavy atom. The number of aliphatic hydroxyl groups excluding tert-OH is 1. The first-order chi connectivity index (χ1) is 16.5. The summed E-state index contributed by atoms with van der Waals surface area (Å²) in [5.41, 5.74) is 1.79. The van der Waals surface area contributed by atoms with Crippen molar-refractivity contribution in [2.45, 2.75) is 30.8 Å². The van der Waals surface area contributed by atoms with Gasteiger partial charge in [-0.3, -0.25) is 4.90 Å². The van der Waals surface area contributed by atoms with Gasteiger partial charge in [0.15, 0.2) is 0 Å². The Morgan fingerprint density at radius 3 is 2.68 bits per heavy atom. The quantitative estimate of drug-likeness (QED) is 0.674. The number of rotatable bonds is 4. The van der Waals surface area contributed by atoms with Crippen molar-refractivity contribution < 1.29 is 23.4 Å². The van der Waals surface area contributed by atoms with Crippen molar-refractivity contribution >= 4 is 11.7 Å². The molecule has 0 saturated carbocycles. The molecule has 2 fully saturated rings. The number of benzene rings is 2. The molecule has 2 aliphatic heterocycles. The van der Waals surface area contributed by atoms with Gasteiger partial charge >= 0.3 is 6.03 Å². The largest absolute Gasteiger partial charge is 0.395 e. The minimum atomic E-state index is -0.682. The zero-order valence-corrected chi connectivity index (χ0v) is 19.1. The number of ether oxygens (including phenoxy) is 1. The molecule has 2 heterocycles. The van der Waals surface area contributed by atoms with Crippen molar-refractivity contribution in [3.8, 4) is 11.8 Å². The Morgan fingerprint density at radius 1 is 1.18 bits per heavy atom. The van der Waals surface area contributed by atoms with Crippen LogP contribution in [0.1, 0.15) is 29.9 Å². The van der Waals surface area contributed by atoms with Crippen molar-refractivity contribution in [3.05, 3.63) is 65.2 Å². The maximum absolute atomic E-state index is 14.1. The van der Waals surface area contributed by atoms with E-state index in [1.54, 1.807) is 12.0 Å². The van der Waals surface area contributed by atoms with E-state index in [2.05, 4.69) is 22.1 Å². The van der Waals surface area contributed by atoms with E-state index in [1.807, 2.05) is 24.3 Å². The van der Waals surface area contributed by atoms with E-state index in [0.29, 0.717) is 19.7 Å². The number of nitrogens with one attached hydrogen (secondary N) is 1. The minimum absolute atomic E-state index is 0.0194. The van der Waals surface area contributed by atoms with Gasteiger partial charge in [0.25, 0.3) is 0 Å². The van der Waals surface area contributed by atoms with Crippen LogP contribution in [-0.4, -0.2) is 73.0 Å². The number of amides is 2. The van der Waals surface area contributed by atoms with Crippen LogP contribution in [0.4, 0.5) is 19.3 Å². The molecule has 8 heteroatoms. The van der Waals surface area contributed by atoms with E-state index in [0.717, 1.165) is 48.7 Å². The minimum Gasteiger partial charge on any atom is -0.395 e. The number of carbonyl (C=O) groups excluding carboxylic acids is 1. The monoisotopic (exact) mass is 469 g/mol. The van der Waals surface area contributed by atoms with Crippen molar-refractivity contribution in [1.82, 2.24) is 9.80 Å². The van der Waals surface area contributed by atoms with Crippen LogP contribution >= 0.6 is 0 Å². The Hall–Kier alpha value is -2.99. The molecule has 2 aromatic carbocycles. The second kappa shape index (κ2) is 11.0. The van der Waals surface area contributed by atoms with E-state index in [9.17, 15) is 18.7 Å². The van der Waals surface area contributed by atoms with Gasteiger partial charge in [0.2, 0.25) is 0 Å². The van der Waals surface area contributed by atoms with E-state index in [1.165, 1.54) is 0 Å². The highest BCUT2D eigenvalue weighted by Gasteiger charge is 2.49. The fraction of sp³-hybridized carbons (Fsp3) is 0.423. The number of fused-ring (bicyclic) bond motifs is 1. The van der Waals surface area contributed by atoms with Crippen LogP contribution in [0, 0.1) is 23.5 Å². The van der Waals surface area contributed by atoms with E-state index in [-0.39, 0.29) is 30.3 Å². The third kappa shape index (κ3) is 5.22. The molecule has 0 unspecified atom stereocenters. The Balaban J connectivity index is 1.51. The lowest BCUT2D eigenvalue weighted by molar-refractivity contribution is -0.0585. The Labute approximate surface area is 198 Å². The van der Waals surface area contributed by atoms with Crippen LogP contribution in [0.3, 0.4) is 0 Å².